The molecular formula is C18H28ClN3OS. The van der Waals surface area contributed by atoms with Crippen molar-refractivity contribution in [3.63, 3.8) is 0 Å². The maximum Gasteiger partial charge on any atom is 0.251 e. The topological polar surface area (TPSA) is 58.4 Å². The third-order valence-electron chi connectivity index (χ3n) is 5.25. The molecule has 1 saturated heterocycles. The second kappa shape index (κ2) is 9.09. The minimum absolute atomic E-state index is 0. The highest BCUT2D eigenvalue weighted by molar-refractivity contribution is 7.99. The zero-order valence-corrected chi connectivity index (χ0v) is 15.8. The number of rotatable bonds is 5. The Balaban J connectivity index is 0.00000208. The van der Waals surface area contributed by atoms with Crippen LogP contribution < -0.4 is 11.1 Å². The van der Waals surface area contributed by atoms with E-state index in [2.05, 4.69) is 10.2 Å². The van der Waals surface area contributed by atoms with Crippen LogP contribution in [-0.2, 0) is 6.54 Å². The van der Waals surface area contributed by atoms with Crippen molar-refractivity contribution in [3.8, 4) is 0 Å². The van der Waals surface area contributed by atoms with E-state index < -0.39 is 0 Å². The van der Waals surface area contributed by atoms with Crippen LogP contribution in [-0.4, -0.2) is 47.5 Å². The number of hydrogen-bond donors (Lipinski definition) is 2. The number of carbonyl (C=O) groups excluding carboxylic acids is 1. The summed E-state index contributed by atoms with van der Waals surface area (Å²) >= 11 is 2.04. The number of nitrogens with zero attached hydrogens (tertiary/aromatic N) is 1. The number of nitrogens with two attached hydrogens (primary N) is 1. The molecule has 1 heterocycles. The first-order chi connectivity index (χ1) is 11.2. The molecule has 1 aromatic carbocycles. The first kappa shape index (κ1) is 19.6. The Morgan fingerprint density at radius 2 is 1.79 bits per heavy atom. The highest BCUT2D eigenvalue weighted by Gasteiger charge is 2.40. The van der Waals surface area contributed by atoms with Gasteiger partial charge in [0.2, 0.25) is 0 Å². The number of benzene rings is 1. The zero-order valence-electron chi connectivity index (χ0n) is 14.1. The SMILES string of the molecule is Cl.NCc1ccc(C(=O)NCC2(N3CCSCC3)CCCC2)cc1. The van der Waals surface area contributed by atoms with Gasteiger partial charge in [0.1, 0.15) is 0 Å². The summed E-state index contributed by atoms with van der Waals surface area (Å²) in [5, 5.41) is 3.20. The molecule has 1 saturated carbocycles. The van der Waals surface area contributed by atoms with Gasteiger partial charge >= 0.3 is 0 Å². The van der Waals surface area contributed by atoms with Crippen LogP contribution in [0, 0.1) is 0 Å². The lowest BCUT2D eigenvalue weighted by molar-refractivity contribution is 0.0817. The van der Waals surface area contributed by atoms with E-state index in [-0.39, 0.29) is 23.9 Å². The molecule has 2 fully saturated rings. The molecule has 4 nitrogen and oxygen atoms in total. The van der Waals surface area contributed by atoms with Gasteiger partial charge in [-0.3, -0.25) is 9.69 Å². The number of hydrogen-bond acceptors (Lipinski definition) is 4. The average molecular weight is 370 g/mol. The Labute approximate surface area is 155 Å². The minimum atomic E-state index is 0. The van der Waals surface area contributed by atoms with E-state index in [1.54, 1.807) is 0 Å². The molecule has 1 aromatic rings. The van der Waals surface area contributed by atoms with E-state index in [1.807, 2.05) is 36.0 Å². The molecule has 24 heavy (non-hydrogen) atoms. The minimum Gasteiger partial charge on any atom is -0.350 e. The molecule has 0 unspecified atom stereocenters. The van der Waals surface area contributed by atoms with Gasteiger partial charge in [-0.15, -0.1) is 12.4 Å². The fourth-order valence-corrected chi connectivity index (χ4v) is 4.72. The fourth-order valence-electron chi connectivity index (χ4n) is 3.81. The summed E-state index contributed by atoms with van der Waals surface area (Å²) in [6, 6.07) is 7.61. The van der Waals surface area contributed by atoms with E-state index in [9.17, 15) is 4.79 Å². The Morgan fingerprint density at radius 1 is 1.17 bits per heavy atom. The van der Waals surface area contributed by atoms with E-state index >= 15 is 0 Å². The van der Waals surface area contributed by atoms with Crippen LogP contribution in [0.2, 0.25) is 0 Å². The van der Waals surface area contributed by atoms with Gasteiger partial charge in [-0.25, -0.2) is 0 Å². The average Bonchev–Trinajstić information content (AvgIpc) is 3.11. The Morgan fingerprint density at radius 3 is 2.38 bits per heavy atom. The lowest BCUT2D eigenvalue weighted by atomic mass is 9.94. The molecule has 1 aliphatic carbocycles. The van der Waals surface area contributed by atoms with E-state index in [1.165, 1.54) is 37.2 Å². The lowest BCUT2D eigenvalue weighted by Gasteiger charge is -2.43. The van der Waals surface area contributed by atoms with Crippen molar-refractivity contribution in [3.05, 3.63) is 35.4 Å². The molecule has 1 amide bonds. The van der Waals surface area contributed by atoms with Crippen LogP contribution in [0.3, 0.4) is 0 Å². The Bertz CT molecular complexity index is 526. The van der Waals surface area contributed by atoms with Crippen molar-refractivity contribution < 1.29 is 4.79 Å². The summed E-state index contributed by atoms with van der Waals surface area (Å²) in [5.74, 6) is 2.47. The van der Waals surface area contributed by atoms with Gasteiger partial charge in [-0.2, -0.15) is 11.8 Å². The standard InChI is InChI=1S/C18H27N3OS.ClH/c19-13-15-3-5-16(6-4-15)17(22)20-14-18(7-1-2-8-18)21-9-11-23-12-10-21;/h3-6H,1-2,7-14,19H2,(H,20,22);1H. The maximum absolute atomic E-state index is 12.5. The van der Waals surface area contributed by atoms with Gasteiger partial charge in [0, 0.05) is 48.8 Å². The lowest BCUT2D eigenvalue weighted by Crippen LogP contribution is -2.56. The van der Waals surface area contributed by atoms with Crippen molar-refractivity contribution in [2.45, 2.75) is 37.8 Å². The molecule has 134 valence electrons. The zero-order chi connectivity index (χ0) is 16.1. The number of amides is 1. The van der Waals surface area contributed by atoms with Crippen molar-refractivity contribution in [1.29, 1.82) is 0 Å². The quantitative estimate of drug-likeness (QED) is 0.837. The molecule has 3 rings (SSSR count). The summed E-state index contributed by atoms with van der Waals surface area (Å²) in [6.07, 6.45) is 4.99. The van der Waals surface area contributed by atoms with Crippen LogP contribution in [0.15, 0.2) is 24.3 Å². The largest absolute Gasteiger partial charge is 0.350 e. The van der Waals surface area contributed by atoms with Gasteiger partial charge in [0.05, 0.1) is 0 Å². The molecule has 0 radical (unpaired) electrons. The van der Waals surface area contributed by atoms with E-state index in [0.29, 0.717) is 6.54 Å². The van der Waals surface area contributed by atoms with Crippen LogP contribution in [0.25, 0.3) is 0 Å². The smallest absolute Gasteiger partial charge is 0.251 e. The Hall–Kier alpha value is -0.750. The van der Waals surface area contributed by atoms with Crippen LogP contribution in [0.4, 0.5) is 0 Å². The van der Waals surface area contributed by atoms with Crippen molar-refractivity contribution in [2.75, 3.05) is 31.1 Å². The summed E-state index contributed by atoms with van der Waals surface area (Å²) in [4.78, 5) is 15.1. The van der Waals surface area contributed by atoms with Crippen molar-refractivity contribution in [1.82, 2.24) is 10.2 Å². The first-order valence-corrected chi connectivity index (χ1v) is 9.79. The van der Waals surface area contributed by atoms with E-state index in [0.717, 1.165) is 30.8 Å². The number of nitrogens with one attached hydrogen (secondary N) is 1. The molecule has 1 aliphatic heterocycles. The Kier molecular flexibility index (Phi) is 7.41. The third kappa shape index (κ3) is 4.45. The predicted molar refractivity (Wildman–Crippen MR) is 104 cm³/mol. The molecule has 0 bridgehead atoms. The van der Waals surface area contributed by atoms with Crippen molar-refractivity contribution >= 4 is 30.1 Å². The fraction of sp³-hybridized carbons (Fsp3) is 0.611. The predicted octanol–water partition coefficient (Wildman–Crippen LogP) is 2.66. The summed E-state index contributed by atoms with van der Waals surface area (Å²) in [5.41, 5.74) is 7.58. The van der Waals surface area contributed by atoms with Crippen LogP contribution in [0.5, 0.6) is 0 Å². The molecule has 0 spiro atoms. The molecule has 0 aromatic heterocycles. The monoisotopic (exact) mass is 369 g/mol. The van der Waals surface area contributed by atoms with Crippen LogP contribution >= 0.6 is 24.2 Å². The summed E-state index contributed by atoms with van der Waals surface area (Å²) < 4.78 is 0. The molecule has 3 N–H and O–H groups in total. The third-order valence-corrected chi connectivity index (χ3v) is 6.19. The molecule has 2 aliphatic rings. The molecular weight excluding hydrogens is 342 g/mol. The highest BCUT2D eigenvalue weighted by atomic mass is 35.5. The second-order valence-electron chi connectivity index (χ2n) is 6.61. The molecule has 0 atom stereocenters. The number of thioether (sulfide) groups is 1. The summed E-state index contributed by atoms with van der Waals surface area (Å²) in [6.45, 7) is 3.60. The van der Waals surface area contributed by atoms with Gasteiger partial charge < -0.3 is 11.1 Å². The van der Waals surface area contributed by atoms with Gasteiger partial charge in [0.15, 0.2) is 0 Å². The van der Waals surface area contributed by atoms with Crippen LogP contribution in [0.1, 0.15) is 41.6 Å². The maximum atomic E-state index is 12.5. The van der Waals surface area contributed by atoms with Gasteiger partial charge in [-0.05, 0) is 30.5 Å². The normalized spacial score (nSPS) is 20.4. The number of carbonyl (C=O) groups is 1. The second-order valence-corrected chi connectivity index (χ2v) is 7.84. The van der Waals surface area contributed by atoms with E-state index in [4.69, 9.17) is 5.73 Å². The van der Waals surface area contributed by atoms with Gasteiger partial charge in [-0.1, -0.05) is 25.0 Å². The number of halogens is 1. The van der Waals surface area contributed by atoms with Gasteiger partial charge in [0.25, 0.3) is 5.91 Å². The first-order valence-electron chi connectivity index (χ1n) is 8.63. The highest BCUT2D eigenvalue weighted by Crippen LogP contribution is 2.36. The molecule has 6 heteroatoms. The van der Waals surface area contributed by atoms with Crippen molar-refractivity contribution in [2.24, 2.45) is 5.73 Å². The summed E-state index contributed by atoms with van der Waals surface area (Å²) in [7, 11) is 0.